The fraction of sp³-hybridized carbons (Fsp3) is 0.545. The minimum atomic E-state index is -3.76. The molecule has 0 aliphatic heterocycles. The first-order chi connectivity index (χ1) is 8.58. The van der Waals surface area contributed by atoms with Gasteiger partial charge < -0.3 is 5.11 Å². The van der Waals surface area contributed by atoms with Gasteiger partial charge in [0.2, 0.25) is 10.0 Å². The van der Waals surface area contributed by atoms with E-state index < -0.39 is 15.6 Å². The van der Waals surface area contributed by atoms with Crippen molar-refractivity contribution in [2.75, 3.05) is 13.1 Å². The molecule has 0 aliphatic rings. The number of aliphatic hydroxyl groups is 1. The van der Waals surface area contributed by atoms with Gasteiger partial charge in [0.1, 0.15) is 10.0 Å². The SMILES string of the molecule is CCN(CC(C)(C)O)S(=O)(=O)c1cnc(Cl)c(Cl)c1. The van der Waals surface area contributed by atoms with Gasteiger partial charge in [-0.3, -0.25) is 0 Å². The number of rotatable bonds is 5. The molecule has 0 radical (unpaired) electrons. The number of hydrogen-bond donors (Lipinski definition) is 1. The second kappa shape index (κ2) is 5.93. The maximum Gasteiger partial charge on any atom is 0.244 e. The number of hydrogen-bond acceptors (Lipinski definition) is 4. The highest BCUT2D eigenvalue weighted by Gasteiger charge is 2.29. The zero-order chi connectivity index (χ0) is 14.8. The third kappa shape index (κ3) is 4.29. The summed E-state index contributed by atoms with van der Waals surface area (Å²) in [5.74, 6) is 0. The molecular weight excluding hydrogens is 311 g/mol. The molecule has 8 heteroatoms. The molecule has 0 saturated heterocycles. The topological polar surface area (TPSA) is 70.5 Å². The molecule has 1 heterocycles. The van der Waals surface area contributed by atoms with Crippen molar-refractivity contribution in [1.82, 2.24) is 9.29 Å². The minimum absolute atomic E-state index is 0.0217. The van der Waals surface area contributed by atoms with Crippen molar-refractivity contribution in [2.24, 2.45) is 0 Å². The summed E-state index contributed by atoms with van der Waals surface area (Å²) < 4.78 is 25.9. The van der Waals surface area contributed by atoms with Crippen molar-refractivity contribution in [1.29, 1.82) is 0 Å². The van der Waals surface area contributed by atoms with Gasteiger partial charge in [0.15, 0.2) is 0 Å². The largest absolute Gasteiger partial charge is 0.389 e. The number of halogens is 2. The minimum Gasteiger partial charge on any atom is -0.389 e. The molecule has 5 nitrogen and oxygen atoms in total. The average Bonchev–Trinajstić information content (AvgIpc) is 2.28. The Hall–Kier alpha value is -0.400. The first kappa shape index (κ1) is 16.7. The molecule has 1 rings (SSSR count). The van der Waals surface area contributed by atoms with Crippen LogP contribution < -0.4 is 0 Å². The second-order valence-corrected chi connectivity index (χ2v) is 7.39. The molecule has 0 fully saturated rings. The Bertz CT molecular complexity index is 556. The zero-order valence-corrected chi connectivity index (χ0v) is 13.2. The van der Waals surface area contributed by atoms with Crippen LogP contribution in [0.1, 0.15) is 20.8 Å². The molecule has 0 atom stereocenters. The van der Waals surface area contributed by atoms with Crippen molar-refractivity contribution in [3.8, 4) is 0 Å². The summed E-state index contributed by atoms with van der Waals surface area (Å²) in [7, 11) is -3.76. The summed E-state index contributed by atoms with van der Waals surface area (Å²) in [4.78, 5) is 3.68. The van der Waals surface area contributed by atoms with E-state index in [0.29, 0.717) is 0 Å². The van der Waals surface area contributed by atoms with Crippen LogP contribution in [-0.2, 0) is 10.0 Å². The fourth-order valence-electron chi connectivity index (χ4n) is 1.49. The van der Waals surface area contributed by atoms with Crippen molar-refractivity contribution in [3.63, 3.8) is 0 Å². The monoisotopic (exact) mass is 326 g/mol. The molecule has 0 aliphatic carbocycles. The van der Waals surface area contributed by atoms with E-state index >= 15 is 0 Å². The highest BCUT2D eigenvalue weighted by atomic mass is 35.5. The number of aromatic nitrogens is 1. The van der Waals surface area contributed by atoms with Crippen molar-refractivity contribution in [3.05, 3.63) is 22.4 Å². The molecule has 0 amide bonds. The van der Waals surface area contributed by atoms with Crippen LogP contribution in [0.5, 0.6) is 0 Å². The van der Waals surface area contributed by atoms with Gasteiger partial charge in [-0.15, -0.1) is 0 Å². The fourth-order valence-corrected chi connectivity index (χ4v) is 3.40. The highest BCUT2D eigenvalue weighted by Crippen LogP contribution is 2.24. The summed E-state index contributed by atoms with van der Waals surface area (Å²) in [5, 5.41) is 9.88. The van der Waals surface area contributed by atoms with Gasteiger partial charge >= 0.3 is 0 Å². The van der Waals surface area contributed by atoms with E-state index in [-0.39, 0.29) is 28.2 Å². The predicted octanol–water partition coefficient (Wildman–Crippen LogP) is 2.17. The maximum absolute atomic E-state index is 12.4. The summed E-state index contributed by atoms with van der Waals surface area (Å²) in [5.41, 5.74) is -1.13. The lowest BCUT2D eigenvalue weighted by molar-refractivity contribution is 0.0601. The molecule has 19 heavy (non-hydrogen) atoms. The van der Waals surface area contributed by atoms with Gasteiger partial charge in [-0.2, -0.15) is 4.31 Å². The normalized spacial score (nSPS) is 13.0. The Labute approximate surface area is 123 Å². The van der Waals surface area contributed by atoms with Crippen molar-refractivity contribution < 1.29 is 13.5 Å². The Morgan fingerprint density at radius 2 is 2.00 bits per heavy atom. The molecule has 0 spiro atoms. The van der Waals surface area contributed by atoms with E-state index in [4.69, 9.17) is 23.2 Å². The van der Waals surface area contributed by atoms with E-state index in [9.17, 15) is 13.5 Å². The lowest BCUT2D eigenvalue weighted by Gasteiger charge is -2.27. The van der Waals surface area contributed by atoms with Crippen LogP contribution in [0.15, 0.2) is 17.2 Å². The Kier molecular flexibility index (Phi) is 5.20. The van der Waals surface area contributed by atoms with Crippen LogP contribution in [0, 0.1) is 0 Å². The molecular formula is C11H16Cl2N2O3S. The van der Waals surface area contributed by atoms with Crippen LogP contribution in [0.3, 0.4) is 0 Å². The van der Waals surface area contributed by atoms with E-state index in [1.54, 1.807) is 6.92 Å². The molecule has 1 aromatic rings. The molecule has 0 aromatic carbocycles. The average molecular weight is 327 g/mol. The molecule has 1 aromatic heterocycles. The Morgan fingerprint density at radius 3 is 2.42 bits per heavy atom. The van der Waals surface area contributed by atoms with Gasteiger partial charge in [-0.25, -0.2) is 13.4 Å². The lowest BCUT2D eigenvalue weighted by atomic mass is 10.1. The van der Waals surface area contributed by atoms with Gasteiger partial charge in [-0.05, 0) is 19.9 Å². The molecule has 0 bridgehead atoms. The van der Waals surface area contributed by atoms with E-state index in [1.807, 2.05) is 0 Å². The lowest BCUT2D eigenvalue weighted by Crippen LogP contribution is -2.42. The van der Waals surface area contributed by atoms with Crippen LogP contribution in [-0.4, -0.2) is 41.5 Å². The number of likely N-dealkylation sites (N-methyl/N-ethyl adjacent to an activating group) is 1. The number of sulfonamides is 1. The third-order valence-corrected chi connectivity index (χ3v) is 4.90. The maximum atomic E-state index is 12.4. The summed E-state index contributed by atoms with van der Waals surface area (Å²) in [6.45, 7) is 4.98. The van der Waals surface area contributed by atoms with Gasteiger partial charge in [0.25, 0.3) is 0 Å². The molecule has 0 unspecified atom stereocenters. The molecule has 0 saturated carbocycles. The van der Waals surface area contributed by atoms with Gasteiger partial charge in [0, 0.05) is 19.3 Å². The molecule has 108 valence electrons. The number of pyridine rings is 1. The van der Waals surface area contributed by atoms with E-state index in [0.717, 1.165) is 10.5 Å². The van der Waals surface area contributed by atoms with Gasteiger partial charge in [-0.1, -0.05) is 30.1 Å². The first-order valence-corrected chi connectivity index (χ1v) is 7.81. The second-order valence-electron chi connectivity index (χ2n) is 4.69. The molecule has 1 N–H and O–H groups in total. The third-order valence-electron chi connectivity index (χ3n) is 2.32. The van der Waals surface area contributed by atoms with E-state index in [1.165, 1.54) is 19.9 Å². The smallest absolute Gasteiger partial charge is 0.244 e. The van der Waals surface area contributed by atoms with Gasteiger partial charge in [0.05, 0.1) is 10.6 Å². The standard InChI is InChI=1S/C11H16Cl2N2O3S/c1-4-15(7-11(2,3)16)19(17,18)8-5-9(12)10(13)14-6-8/h5-6,16H,4,7H2,1-3H3. The summed E-state index contributed by atoms with van der Waals surface area (Å²) in [6.07, 6.45) is 1.15. The van der Waals surface area contributed by atoms with Crippen LogP contribution in [0.25, 0.3) is 0 Å². The Balaban J connectivity index is 3.17. The summed E-state index contributed by atoms with van der Waals surface area (Å²) in [6, 6.07) is 1.25. The van der Waals surface area contributed by atoms with E-state index in [2.05, 4.69) is 4.98 Å². The van der Waals surface area contributed by atoms with Crippen LogP contribution in [0.2, 0.25) is 10.2 Å². The predicted molar refractivity (Wildman–Crippen MR) is 75.0 cm³/mol. The van der Waals surface area contributed by atoms with Crippen molar-refractivity contribution >= 4 is 33.2 Å². The number of nitrogens with zero attached hydrogens (tertiary/aromatic N) is 2. The highest BCUT2D eigenvalue weighted by molar-refractivity contribution is 7.89. The van der Waals surface area contributed by atoms with Crippen molar-refractivity contribution in [2.45, 2.75) is 31.3 Å². The first-order valence-electron chi connectivity index (χ1n) is 5.61. The Morgan fingerprint density at radius 1 is 1.42 bits per heavy atom. The summed E-state index contributed by atoms with van der Waals surface area (Å²) >= 11 is 11.4. The quantitative estimate of drug-likeness (QED) is 0.842. The van der Waals surface area contributed by atoms with Crippen LogP contribution >= 0.6 is 23.2 Å². The zero-order valence-electron chi connectivity index (χ0n) is 10.9. The van der Waals surface area contributed by atoms with Crippen LogP contribution in [0.4, 0.5) is 0 Å².